The van der Waals surface area contributed by atoms with Crippen LogP contribution in [0.15, 0.2) is 18.2 Å². The molecule has 1 heteroatoms. The van der Waals surface area contributed by atoms with Gasteiger partial charge < -0.3 is 5.32 Å². The third-order valence-corrected chi connectivity index (χ3v) is 4.36. The summed E-state index contributed by atoms with van der Waals surface area (Å²) < 4.78 is 0. The molecule has 2 atom stereocenters. The van der Waals surface area contributed by atoms with E-state index in [0.717, 1.165) is 12.0 Å². The first kappa shape index (κ1) is 13.6. The van der Waals surface area contributed by atoms with Crippen molar-refractivity contribution in [3.63, 3.8) is 0 Å². The van der Waals surface area contributed by atoms with Gasteiger partial charge in [0.2, 0.25) is 0 Å². The van der Waals surface area contributed by atoms with Crippen LogP contribution in [0.1, 0.15) is 49.3 Å². The molecule has 0 amide bonds. The number of benzene rings is 1. The molecule has 1 aliphatic carbocycles. The lowest BCUT2D eigenvalue weighted by Crippen LogP contribution is -2.27. The van der Waals surface area contributed by atoms with Gasteiger partial charge >= 0.3 is 0 Å². The van der Waals surface area contributed by atoms with E-state index in [1.807, 2.05) is 0 Å². The van der Waals surface area contributed by atoms with Crippen LogP contribution in [0.3, 0.4) is 0 Å². The minimum atomic E-state index is 0.777. The quantitative estimate of drug-likeness (QED) is 0.826. The van der Waals surface area contributed by atoms with Gasteiger partial charge in [0.15, 0.2) is 0 Å². The molecule has 1 aliphatic rings. The molecule has 2 rings (SSSR count). The van der Waals surface area contributed by atoms with Crippen molar-refractivity contribution in [1.82, 2.24) is 5.32 Å². The predicted octanol–water partition coefficient (Wildman–Crippen LogP) is 4.01. The summed E-state index contributed by atoms with van der Waals surface area (Å²) in [5.41, 5.74) is 4.54. The van der Waals surface area contributed by atoms with E-state index < -0.39 is 0 Å². The van der Waals surface area contributed by atoms with E-state index in [1.165, 1.54) is 49.8 Å². The smallest absolute Gasteiger partial charge is 0.00699 e. The topological polar surface area (TPSA) is 12.0 Å². The summed E-state index contributed by atoms with van der Waals surface area (Å²) in [5.74, 6) is 0.888. The first-order chi connectivity index (χ1) is 8.70. The minimum absolute atomic E-state index is 0.777. The van der Waals surface area contributed by atoms with Crippen molar-refractivity contribution < 1.29 is 0 Å². The summed E-state index contributed by atoms with van der Waals surface area (Å²) in [6.45, 7) is 7.94. The Labute approximate surface area is 112 Å². The predicted molar refractivity (Wildman–Crippen MR) is 79.0 cm³/mol. The Morgan fingerprint density at radius 3 is 2.56 bits per heavy atom. The zero-order valence-corrected chi connectivity index (χ0v) is 12.1. The molecule has 18 heavy (non-hydrogen) atoms. The summed E-state index contributed by atoms with van der Waals surface area (Å²) >= 11 is 0. The van der Waals surface area contributed by atoms with E-state index in [9.17, 15) is 0 Å². The van der Waals surface area contributed by atoms with Crippen LogP contribution < -0.4 is 5.32 Å². The van der Waals surface area contributed by atoms with Crippen molar-refractivity contribution in [1.29, 1.82) is 0 Å². The third kappa shape index (κ3) is 3.35. The number of hydrogen-bond acceptors (Lipinski definition) is 1. The van der Waals surface area contributed by atoms with Gasteiger partial charge in [-0.3, -0.25) is 0 Å². The first-order valence-electron chi connectivity index (χ1n) is 7.49. The highest BCUT2D eigenvalue weighted by molar-refractivity contribution is 5.33. The van der Waals surface area contributed by atoms with E-state index in [0.29, 0.717) is 0 Å². The van der Waals surface area contributed by atoms with Gasteiger partial charge in [0.05, 0.1) is 0 Å². The Morgan fingerprint density at radius 1 is 1.17 bits per heavy atom. The number of nitrogens with one attached hydrogen (secondary N) is 1. The van der Waals surface area contributed by atoms with Crippen LogP contribution >= 0.6 is 0 Å². The minimum Gasteiger partial charge on any atom is -0.314 e. The lowest BCUT2D eigenvalue weighted by molar-refractivity contribution is 0.483. The van der Waals surface area contributed by atoms with Gasteiger partial charge in [-0.15, -0.1) is 0 Å². The number of rotatable bonds is 5. The van der Waals surface area contributed by atoms with Gasteiger partial charge in [0, 0.05) is 6.04 Å². The Morgan fingerprint density at radius 2 is 1.89 bits per heavy atom. The second kappa shape index (κ2) is 6.38. The number of aryl methyl sites for hydroxylation is 2. The maximum absolute atomic E-state index is 3.68. The van der Waals surface area contributed by atoms with E-state index >= 15 is 0 Å². The summed E-state index contributed by atoms with van der Waals surface area (Å²) in [6, 6.07) is 7.46. The fraction of sp³-hybridized carbons (Fsp3) is 0.647. The summed E-state index contributed by atoms with van der Waals surface area (Å²) in [4.78, 5) is 0. The van der Waals surface area contributed by atoms with Crippen molar-refractivity contribution in [2.24, 2.45) is 5.92 Å². The van der Waals surface area contributed by atoms with Crippen LogP contribution in [0.25, 0.3) is 0 Å². The SMILES string of the molecule is CCCNC1CCC(Cc2c(C)cccc2C)C1. The molecule has 0 heterocycles. The van der Waals surface area contributed by atoms with E-state index in [2.05, 4.69) is 44.3 Å². The molecule has 0 aromatic heterocycles. The summed E-state index contributed by atoms with van der Waals surface area (Å²) in [7, 11) is 0. The normalized spacial score (nSPS) is 23.5. The molecule has 1 N–H and O–H groups in total. The molecule has 1 nitrogen and oxygen atoms in total. The monoisotopic (exact) mass is 245 g/mol. The molecule has 0 bridgehead atoms. The van der Waals surface area contributed by atoms with Gasteiger partial charge in [-0.25, -0.2) is 0 Å². The Hall–Kier alpha value is -0.820. The first-order valence-corrected chi connectivity index (χ1v) is 7.49. The van der Waals surface area contributed by atoms with Gasteiger partial charge in [-0.05, 0) is 75.1 Å². The van der Waals surface area contributed by atoms with Gasteiger partial charge in [-0.2, -0.15) is 0 Å². The summed E-state index contributed by atoms with van der Waals surface area (Å²) in [5, 5.41) is 3.68. The number of hydrogen-bond donors (Lipinski definition) is 1. The largest absolute Gasteiger partial charge is 0.314 e. The lowest BCUT2D eigenvalue weighted by atomic mass is 9.92. The molecule has 0 radical (unpaired) electrons. The Bertz CT molecular complexity index is 363. The van der Waals surface area contributed by atoms with Crippen molar-refractivity contribution >= 4 is 0 Å². The van der Waals surface area contributed by atoms with Crippen molar-refractivity contribution in [2.45, 2.75) is 58.9 Å². The Kier molecular flexibility index (Phi) is 4.82. The molecule has 0 spiro atoms. The van der Waals surface area contributed by atoms with E-state index in [1.54, 1.807) is 5.56 Å². The maximum Gasteiger partial charge on any atom is 0.00699 e. The summed E-state index contributed by atoms with van der Waals surface area (Å²) in [6.07, 6.45) is 6.67. The van der Waals surface area contributed by atoms with Gasteiger partial charge in [-0.1, -0.05) is 25.1 Å². The fourth-order valence-electron chi connectivity index (χ4n) is 3.25. The van der Waals surface area contributed by atoms with Gasteiger partial charge in [0.1, 0.15) is 0 Å². The second-order valence-corrected chi connectivity index (χ2v) is 5.90. The van der Waals surface area contributed by atoms with Crippen molar-refractivity contribution in [3.05, 3.63) is 34.9 Å². The lowest BCUT2D eigenvalue weighted by Gasteiger charge is -2.15. The molecule has 0 saturated heterocycles. The average molecular weight is 245 g/mol. The van der Waals surface area contributed by atoms with E-state index in [4.69, 9.17) is 0 Å². The molecule has 0 aliphatic heterocycles. The molecular formula is C17H27N. The Balaban J connectivity index is 1.91. The fourth-order valence-corrected chi connectivity index (χ4v) is 3.25. The average Bonchev–Trinajstić information content (AvgIpc) is 2.79. The van der Waals surface area contributed by atoms with Crippen LogP contribution in [0, 0.1) is 19.8 Å². The van der Waals surface area contributed by atoms with Crippen molar-refractivity contribution in [2.75, 3.05) is 6.54 Å². The zero-order chi connectivity index (χ0) is 13.0. The third-order valence-electron chi connectivity index (χ3n) is 4.36. The highest BCUT2D eigenvalue weighted by atomic mass is 14.9. The molecule has 1 saturated carbocycles. The molecule has 1 aromatic carbocycles. The van der Waals surface area contributed by atoms with Crippen LogP contribution in [-0.2, 0) is 6.42 Å². The van der Waals surface area contributed by atoms with Crippen LogP contribution in [0.4, 0.5) is 0 Å². The van der Waals surface area contributed by atoms with Crippen LogP contribution in [0.5, 0.6) is 0 Å². The van der Waals surface area contributed by atoms with Crippen molar-refractivity contribution in [3.8, 4) is 0 Å². The van der Waals surface area contributed by atoms with Gasteiger partial charge in [0.25, 0.3) is 0 Å². The highest BCUT2D eigenvalue weighted by Crippen LogP contribution is 2.30. The molecule has 1 fully saturated rings. The second-order valence-electron chi connectivity index (χ2n) is 5.90. The van der Waals surface area contributed by atoms with Crippen LogP contribution in [-0.4, -0.2) is 12.6 Å². The molecule has 1 aromatic rings. The van der Waals surface area contributed by atoms with Crippen LogP contribution in [0.2, 0.25) is 0 Å². The molecular weight excluding hydrogens is 218 g/mol. The molecule has 2 unspecified atom stereocenters. The highest BCUT2D eigenvalue weighted by Gasteiger charge is 2.24. The standard InChI is InChI=1S/C17H27N/c1-4-10-18-16-9-8-15(11-16)12-17-13(2)6-5-7-14(17)3/h5-7,15-16,18H,4,8-12H2,1-3H3. The zero-order valence-electron chi connectivity index (χ0n) is 12.1. The van der Waals surface area contributed by atoms with E-state index in [-0.39, 0.29) is 0 Å². The molecule has 100 valence electrons. The maximum atomic E-state index is 3.68.